The van der Waals surface area contributed by atoms with Crippen molar-refractivity contribution in [2.75, 3.05) is 23.3 Å². The molecule has 2 N–H and O–H groups in total. The van der Waals surface area contributed by atoms with Gasteiger partial charge in [0, 0.05) is 6.54 Å². The van der Waals surface area contributed by atoms with Crippen LogP contribution >= 0.6 is 0 Å². The largest absolute Gasteiger partial charge is 0.478 e. The summed E-state index contributed by atoms with van der Waals surface area (Å²) in [6.07, 6.45) is -1.13. The molecule has 30 heavy (non-hydrogen) atoms. The summed E-state index contributed by atoms with van der Waals surface area (Å²) in [6, 6.07) is 14.1. The van der Waals surface area contributed by atoms with Gasteiger partial charge in [-0.1, -0.05) is 31.2 Å². The SMILES string of the molecule is CCCNC(=O)[C@@H]1CN(C(=O)C[C@@H]2Oc3ccccc3NC2=O)c2ccccc2O1. The van der Waals surface area contributed by atoms with Gasteiger partial charge in [-0.15, -0.1) is 0 Å². The maximum Gasteiger partial charge on any atom is 0.266 e. The van der Waals surface area contributed by atoms with Crippen LogP contribution in [0.1, 0.15) is 19.8 Å². The molecule has 0 bridgehead atoms. The van der Waals surface area contributed by atoms with Gasteiger partial charge in [-0.2, -0.15) is 0 Å². The number of carbonyl (C=O) groups is 3. The van der Waals surface area contributed by atoms with Gasteiger partial charge in [0.1, 0.15) is 11.5 Å². The summed E-state index contributed by atoms with van der Waals surface area (Å²) in [4.78, 5) is 39.5. The fourth-order valence-corrected chi connectivity index (χ4v) is 3.46. The van der Waals surface area contributed by atoms with Crippen LogP contribution in [0.5, 0.6) is 11.5 Å². The van der Waals surface area contributed by atoms with Crippen molar-refractivity contribution in [3.63, 3.8) is 0 Å². The molecule has 0 spiro atoms. The number of carbonyl (C=O) groups excluding carboxylic acids is 3. The molecule has 0 saturated heterocycles. The van der Waals surface area contributed by atoms with Crippen LogP contribution < -0.4 is 25.0 Å². The lowest BCUT2D eigenvalue weighted by Crippen LogP contribution is -2.52. The molecule has 2 aromatic carbocycles. The van der Waals surface area contributed by atoms with E-state index in [-0.39, 0.29) is 30.7 Å². The third kappa shape index (κ3) is 3.94. The molecule has 8 heteroatoms. The molecule has 2 atom stereocenters. The molecular weight excluding hydrogens is 386 g/mol. The Morgan fingerprint density at radius 1 is 1.10 bits per heavy atom. The van der Waals surface area contributed by atoms with E-state index in [1.165, 1.54) is 4.90 Å². The van der Waals surface area contributed by atoms with E-state index in [4.69, 9.17) is 9.47 Å². The fraction of sp³-hybridized carbons (Fsp3) is 0.318. The zero-order valence-corrected chi connectivity index (χ0v) is 16.6. The minimum atomic E-state index is -0.949. The number of nitrogens with zero attached hydrogens (tertiary/aromatic N) is 1. The normalized spacial score (nSPS) is 19.5. The van der Waals surface area contributed by atoms with Crippen molar-refractivity contribution in [1.29, 1.82) is 0 Å². The molecule has 0 aliphatic carbocycles. The van der Waals surface area contributed by atoms with Crippen LogP contribution in [-0.4, -0.2) is 43.0 Å². The van der Waals surface area contributed by atoms with E-state index >= 15 is 0 Å². The van der Waals surface area contributed by atoms with Gasteiger partial charge in [-0.3, -0.25) is 14.4 Å². The second-order valence-electron chi connectivity index (χ2n) is 7.17. The second kappa shape index (κ2) is 8.44. The number of amides is 3. The number of anilines is 2. The average Bonchev–Trinajstić information content (AvgIpc) is 2.77. The van der Waals surface area contributed by atoms with Crippen LogP contribution in [0.2, 0.25) is 0 Å². The standard InChI is InChI=1S/C22H23N3O5/c1-2-11-23-21(27)19-13-25(15-8-4-6-10-17(15)30-19)20(26)12-18-22(28)24-14-7-3-5-9-16(14)29-18/h3-10,18-19H,2,11-13H2,1H3,(H,23,27)(H,24,28)/t18-,19-/m0/s1. The van der Waals surface area contributed by atoms with E-state index in [1.54, 1.807) is 48.5 Å². The third-order valence-electron chi connectivity index (χ3n) is 4.98. The Balaban J connectivity index is 1.52. The predicted molar refractivity (Wildman–Crippen MR) is 111 cm³/mol. The lowest BCUT2D eigenvalue weighted by atomic mass is 10.1. The number of nitrogens with one attached hydrogen (secondary N) is 2. The van der Waals surface area contributed by atoms with Crippen LogP contribution in [0.25, 0.3) is 0 Å². The number of ether oxygens (including phenoxy) is 2. The van der Waals surface area contributed by atoms with E-state index < -0.39 is 12.2 Å². The van der Waals surface area contributed by atoms with Crippen molar-refractivity contribution < 1.29 is 23.9 Å². The summed E-state index contributed by atoms with van der Waals surface area (Å²) >= 11 is 0. The average molecular weight is 409 g/mol. The van der Waals surface area contributed by atoms with Gasteiger partial charge in [-0.25, -0.2) is 0 Å². The molecule has 0 saturated carbocycles. The molecule has 0 unspecified atom stereocenters. The smallest absolute Gasteiger partial charge is 0.266 e. The second-order valence-corrected chi connectivity index (χ2v) is 7.17. The molecule has 0 aromatic heterocycles. The van der Waals surface area contributed by atoms with Crippen molar-refractivity contribution in [2.24, 2.45) is 0 Å². The molecule has 3 amide bonds. The van der Waals surface area contributed by atoms with Crippen LogP contribution in [0, 0.1) is 0 Å². The summed E-state index contributed by atoms with van der Waals surface area (Å²) in [6.45, 7) is 2.56. The molecule has 8 nitrogen and oxygen atoms in total. The van der Waals surface area contributed by atoms with Crippen LogP contribution in [-0.2, 0) is 14.4 Å². The van der Waals surface area contributed by atoms with Gasteiger partial charge in [0.25, 0.3) is 11.8 Å². The highest BCUT2D eigenvalue weighted by atomic mass is 16.5. The Morgan fingerprint density at radius 2 is 1.83 bits per heavy atom. The predicted octanol–water partition coefficient (Wildman–Crippen LogP) is 2.10. The summed E-state index contributed by atoms with van der Waals surface area (Å²) < 4.78 is 11.6. The molecule has 4 rings (SSSR count). The van der Waals surface area contributed by atoms with E-state index in [2.05, 4.69) is 10.6 Å². The summed E-state index contributed by atoms with van der Waals surface area (Å²) in [5.74, 6) is 0.00588. The Labute approximate surface area is 174 Å². The highest BCUT2D eigenvalue weighted by Gasteiger charge is 2.37. The van der Waals surface area contributed by atoms with Crippen LogP contribution in [0.3, 0.4) is 0 Å². The van der Waals surface area contributed by atoms with Gasteiger partial charge < -0.3 is 25.0 Å². The first-order valence-electron chi connectivity index (χ1n) is 9.97. The lowest BCUT2D eigenvalue weighted by molar-refractivity contribution is -0.131. The quantitative estimate of drug-likeness (QED) is 0.788. The first kappa shape index (κ1) is 19.8. The van der Waals surface area contributed by atoms with E-state index in [1.807, 2.05) is 6.92 Å². The fourth-order valence-electron chi connectivity index (χ4n) is 3.46. The molecule has 0 fully saturated rings. The summed E-state index contributed by atoms with van der Waals surface area (Å²) in [7, 11) is 0. The highest BCUT2D eigenvalue weighted by molar-refractivity contribution is 6.03. The molecular formula is C22H23N3O5. The molecule has 156 valence electrons. The minimum Gasteiger partial charge on any atom is -0.478 e. The van der Waals surface area contributed by atoms with Crippen molar-refractivity contribution in [2.45, 2.75) is 32.0 Å². The monoisotopic (exact) mass is 409 g/mol. The van der Waals surface area contributed by atoms with Crippen molar-refractivity contribution in [1.82, 2.24) is 5.32 Å². The number of fused-ring (bicyclic) bond motifs is 2. The van der Waals surface area contributed by atoms with Crippen molar-refractivity contribution >= 4 is 29.1 Å². The Bertz CT molecular complexity index is 977. The van der Waals surface area contributed by atoms with Crippen LogP contribution in [0.15, 0.2) is 48.5 Å². The number of benzene rings is 2. The Morgan fingerprint density at radius 3 is 2.63 bits per heavy atom. The topological polar surface area (TPSA) is 97.0 Å². The highest BCUT2D eigenvalue weighted by Crippen LogP contribution is 2.35. The van der Waals surface area contributed by atoms with Gasteiger partial charge in [0.2, 0.25) is 5.91 Å². The summed E-state index contributed by atoms with van der Waals surface area (Å²) in [5, 5.41) is 5.57. The number of hydrogen-bond acceptors (Lipinski definition) is 5. The van der Waals surface area contributed by atoms with Gasteiger partial charge in [0.15, 0.2) is 12.2 Å². The molecule has 2 aliphatic heterocycles. The first-order chi connectivity index (χ1) is 14.6. The zero-order valence-electron chi connectivity index (χ0n) is 16.6. The maximum absolute atomic E-state index is 13.1. The first-order valence-corrected chi connectivity index (χ1v) is 9.97. The maximum atomic E-state index is 13.1. The Hall–Kier alpha value is -3.55. The van der Waals surface area contributed by atoms with E-state index in [9.17, 15) is 14.4 Å². The summed E-state index contributed by atoms with van der Waals surface area (Å²) in [5.41, 5.74) is 1.15. The van der Waals surface area contributed by atoms with E-state index in [0.29, 0.717) is 29.4 Å². The number of hydrogen-bond donors (Lipinski definition) is 2. The van der Waals surface area contributed by atoms with Gasteiger partial charge in [0.05, 0.1) is 24.3 Å². The zero-order chi connectivity index (χ0) is 21.1. The molecule has 0 radical (unpaired) electrons. The van der Waals surface area contributed by atoms with Crippen molar-refractivity contribution in [3.8, 4) is 11.5 Å². The third-order valence-corrected chi connectivity index (χ3v) is 4.98. The van der Waals surface area contributed by atoms with E-state index in [0.717, 1.165) is 6.42 Å². The number of rotatable bonds is 5. The van der Waals surface area contributed by atoms with Crippen molar-refractivity contribution in [3.05, 3.63) is 48.5 Å². The molecule has 2 heterocycles. The molecule has 2 aromatic rings. The van der Waals surface area contributed by atoms with Gasteiger partial charge >= 0.3 is 0 Å². The van der Waals surface area contributed by atoms with Crippen LogP contribution in [0.4, 0.5) is 11.4 Å². The molecule has 2 aliphatic rings. The minimum absolute atomic E-state index is 0.0658. The lowest BCUT2D eigenvalue weighted by Gasteiger charge is -2.35. The Kier molecular flexibility index (Phi) is 5.56. The van der Waals surface area contributed by atoms with Gasteiger partial charge in [-0.05, 0) is 30.7 Å². The number of para-hydroxylation sites is 4.